The van der Waals surface area contributed by atoms with Crippen LogP contribution < -0.4 is 10.6 Å². The Morgan fingerprint density at radius 2 is 2.35 bits per heavy atom. The van der Waals surface area contributed by atoms with E-state index in [4.69, 9.17) is 9.47 Å². The lowest BCUT2D eigenvalue weighted by molar-refractivity contribution is 0.0171. The largest absolute Gasteiger partial charge is 0.379 e. The van der Waals surface area contributed by atoms with E-state index in [0.717, 1.165) is 69.8 Å². The lowest BCUT2D eigenvalue weighted by Crippen LogP contribution is -2.38. The first-order valence-electron chi connectivity index (χ1n) is 8.27. The first kappa shape index (κ1) is 23.0. The number of nitrogens with zero attached hydrogens (tertiary/aromatic N) is 1. The molecule has 7 heteroatoms. The molecule has 5 nitrogen and oxygen atoms in total. The van der Waals surface area contributed by atoms with Gasteiger partial charge in [-0.15, -0.1) is 30.6 Å². The average molecular weight is 457 g/mol. The zero-order valence-electron chi connectivity index (χ0n) is 14.2. The van der Waals surface area contributed by atoms with Crippen molar-refractivity contribution < 1.29 is 9.47 Å². The van der Waals surface area contributed by atoms with Crippen LogP contribution in [0.2, 0.25) is 0 Å². The molecule has 0 radical (unpaired) electrons. The summed E-state index contributed by atoms with van der Waals surface area (Å²) in [5, 5.41) is 6.60. The molecule has 1 aliphatic heterocycles. The van der Waals surface area contributed by atoms with E-state index in [1.807, 2.05) is 17.8 Å². The Morgan fingerprint density at radius 1 is 1.48 bits per heavy atom. The predicted octanol–water partition coefficient (Wildman–Crippen LogP) is 2.66. The number of rotatable bonds is 12. The van der Waals surface area contributed by atoms with Crippen molar-refractivity contribution in [1.82, 2.24) is 10.6 Å². The maximum Gasteiger partial charge on any atom is 0.191 e. The van der Waals surface area contributed by atoms with Gasteiger partial charge in [-0.3, -0.25) is 4.99 Å². The third-order valence-corrected chi connectivity index (χ3v) is 4.13. The van der Waals surface area contributed by atoms with Gasteiger partial charge in [0.15, 0.2) is 5.96 Å². The predicted molar refractivity (Wildman–Crippen MR) is 111 cm³/mol. The van der Waals surface area contributed by atoms with Crippen LogP contribution in [0.5, 0.6) is 0 Å². The molecule has 0 aromatic carbocycles. The van der Waals surface area contributed by atoms with Crippen molar-refractivity contribution in [2.45, 2.75) is 32.3 Å². The van der Waals surface area contributed by atoms with Gasteiger partial charge in [0.2, 0.25) is 0 Å². The summed E-state index contributed by atoms with van der Waals surface area (Å²) in [5.74, 6) is 2.94. The van der Waals surface area contributed by atoms with Gasteiger partial charge in [0, 0.05) is 44.4 Å². The highest BCUT2D eigenvalue weighted by Crippen LogP contribution is 2.11. The van der Waals surface area contributed by atoms with Crippen LogP contribution in [0.3, 0.4) is 0 Å². The van der Waals surface area contributed by atoms with Gasteiger partial charge in [0.25, 0.3) is 0 Å². The molecule has 1 fully saturated rings. The lowest BCUT2D eigenvalue weighted by Gasteiger charge is -2.11. The van der Waals surface area contributed by atoms with Gasteiger partial charge in [-0.1, -0.05) is 6.08 Å². The van der Waals surface area contributed by atoms with Crippen molar-refractivity contribution in [2.75, 3.05) is 51.0 Å². The van der Waals surface area contributed by atoms with Gasteiger partial charge < -0.3 is 20.1 Å². The number of hydrogen-bond donors (Lipinski definition) is 2. The summed E-state index contributed by atoms with van der Waals surface area (Å²) in [6.07, 6.45) is 5.49. The maximum absolute atomic E-state index is 5.64. The molecule has 0 saturated carbocycles. The van der Waals surface area contributed by atoms with E-state index in [1.54, 1.807) is 0 Å². The van der Waals surface area contributed by atoms with Gasteiger partial charge in [0.05, 0.1) is 12.7 Å². The lowest BCUT2D eigenvalue weighted by atomic mass is 10.2. The highest BCUT2D eigenvalue weighted by molar-refractivity contribution is 14.0. The molecule has 0 bridgehead atoms. The minimum absolute atomic E-state index is 0. The van der Waals surface area contributed by atoms with E-state index < -0.39 is 0 Å². The number of halogens is 1. The second-order valence-corrected chi connectivity index (χ2v) is 6.26. The summed E-state index contributed by atoms with van der Waals surface area (Å²) in [6.45, 7) is 10.7. The van der Waals surface area contributed by atoms with Crippen LogP contribution in [-0.4, -0.2) is 63.0 Å². The van der Waals surface area contributed by atoms with E-state index in [-0.39, 0.29) is 24.0 Å². The minimum Gasteiger partial charge on any atom is -0.379 e. The zero-order valence-corrected chi connectivity index (χ0v) is 17.4. The fraction of sp³-hybridized carbons (Fsp3) is 0.812. The topological polar surface area (TPSA) is 54.9 Å². The van der Waals surface area contributed by atoms with E-state index in [2.05, 4.69) is 29.1 Å². The first-order chi connectivity index (χ1) is 10.9. The maximum atomic E-state index is 5.64. The monoisotopic (exact) mass is 457 g/mol. The van der Waals surface area contributed by atoms with E-state index in [1.165, 1.54) is 6.42 Å². The van der Waals surface area contributed by atoms with Crippen molar-refractivity contribution in [2.24, 2.45) is 4.99 Å². The Morgan fingerprint density at radius 3 is 3.04 bits per heavy atom. The van der Waals surface area contributed by atoms with Crippen LogP contribution in [-0.2, 0) is 9.47 Å². The molecule has 23 heavy (non-hydrogen) atoms. The summed E-state index contributed by atoms with van der Waals surface area (Å²) in [4.78, 5) is 4.55. The van der Waals surface area contributed by atoms with Crippen LogP contribution in [0.1, 0.15) is 26.2 Å². The van der Waals surface area contributed by atoms with Gasteiger partial charge >= 0.3 is 0 Å². The SMILES string of the molecule is C=CCSCCNC(=NCCCOCC1CCCO1)NCC.I. The highest BCUT2D eigenvalue weighted by atomic mass is 127. The second-order valence-electron chi connectivity index (χ2n) is 5.11. The number of guanidine groups is 1. The molecular formula is C16H32IN3O2S. The molecule has 0 aromatic rings. The van der Waals surface area contributed by atoms with Crippen LogP contribution in [0.15, 0.2) is 17.6 Å². The summed E-state index contributed by atoms with van der Waals surface area (Å²) in [5.41, 5.74) is 0. The Kier molecular flexibility index (Phi) is 16.9. The third-order valence-electron chi connectivity index (χ3n) is 3.16. The smallest absolute Gasteiger partial charge is 0.191 e. The Bertz CT molecular complexity index is 314. The Hall–Kier alpha value is 0.0100. The molecule has 1 atom stereocenters. The first-order valence-corrected chi connectivity index (χ1v) is 9.42. The van der Waals surface area contributed by atoms with Gasteiger partial charge in [-0.2, -0.15) is 11.8 Å². The van der Waals surface area contributed by atoms with E-state index in [9.17, 15) is 0 Å². The van der Waals surface area contributed by atoms with Crippen LogP contribution in [0.25, 0.3) is 0 Å². The van der Waals surface area contributed by atoms with E-state index in [0.29, 0.717) is 6.10 Å². The molecule has 0 aromatic heterocycles. The molecule has 1 rings (SSSR count). The van der Waals surface area contributed by atoms with Crippen molar-refractivity contribution >= 4 is 41.7 Å². The van der Waals surface area contributed by atoms with Crippen molar-refractivity contribution in [3.63, 3.8) is 0 Å². The number of thioether (sulfide) groups is 1. The normalized spacial score (nSPS) is 17.6. The Labute approximate surface area is 162 Å². The van der Waals surface area contributed by atoms with Crippen molar-refractivity contribution in [1.29, 1.82) is 0 Å². The molecular weight excluding hydrogens is 425 g/mol. The second kappa shape index (κ2) is 16.9. The molecule has 136 valence electrons. The average Bonchev–Trinajstić information content (AvgIpc) is 3.03. The quantitative estimate of drug-likeness (QED) is 0.155. The van der Waals surface area contributed by atoms with Gasteiger partial charge in [-0.25, -0.2) is 0 Å². The van der Waals surface area contributed by atoms with Gasteiger partial charge in [-0.05, 0) is 26.2 Å². The standard InChI is InChI=1S/C16H31N3O2S.HI/c1-3-12-22-13-9-19-16(17-4-2)18-8-6-10-20-14-15-7-5-11-21-15;/h3,15H,1,4-14H2,2H3,(H2,17,18,19);1H. The zero-order chi connectivity index (χ0) is 15.9. The molecule has 0 amide bonds. The molecule has 1 unspecified atom stereocenters. The minimum atomic E-state index is 0. The summed E-state index contributed by atoms with van der Waals surface area (Å²) >= 11 is 1.87. The molecule has 1 heterocycles. The van der Waals surface area contributed by atoms with Crippen molar-refractivity contribution in [3.05, 3.63) is 12.7 Å². The van der Waals surface area contributed by atoms with Crippen LogP contribution in [0, 0.1) is 0 Å². The Balaban J connectivity index is 0.00000484. The van der Waals surface area contributed by atoms with E-state index >= 15 is 0 Å². The summed E-state index contributed by atoms with van der Waals surface area (Å²) in [7, 11) is 0. The van der Waals surface area contributed by atoms with Gasteiger partial charge in [0.1, 0.15) is 0 Å². The number of hydrogen-bond acceptors (Lipinski definition) is 4. The molecule has 1 aliphatic rings. The third kappa shape index (κ3) is 13.0. The van der Waals surface area contributed by atoms with Crippen molar-refractivity contribution in [3.8, 4) is 0 Å². The number of nitrogens with one attached hydrogen (secondary N) is 2. The summed E-state index contributed by atoms with van der Waals surface area (Å²) < 4.78 is 11.2. The fourth-order valence-corrected chi connectivity index (χ4v) is 2.68. The van der Waals surface area contributed by atoms with Crippen LogP contribution in [0.4, 0.5) is 0 Å². The fourth-order valence-electron chi connectivity index (χ4n) is 2.10. The molecule has 0 aliphatic carbocycles. The molecule has 1 saturated heterocycles. The molecule has 2 N–H and O–H groups in total. The summed E-state index contributed by atoms with van der Waals surface area (Å²) in [6, 6.07) is 0. The number of ether oxygens (including phenoxy) is 2. The molecule has 0 spiro atoms. The van der Waals surface area contributed by atoms with Crippen LogP contribution >= 0.6 is 35.7 Å². The highest BCUT2D eigenvalue weighted by Gasteiger charge is 2.14. The number of aliphatic imine (C=N–C) groups is 1.